The molecule has 0 heterocycles. The van der Waals surface area contributed by atoms with E-state index in [0.717, 1.165) is 0 Å². The van der Waals surface area contributed by atoms with E-state index >= 15 is 0 Å². The number of hydrogen-bond acceptors (Lipinski definition) is 2. The van der Waals surface area contributed by atoms with Crippen LogP contribution in [-0.2, 0) is 4.79 Å². The minimum atomic E-state index is -4.94. The number of ketones is 1. The predicted molar refractivity (Wildman–Crippen MR) is 39.3 cm³/mol. The Hall–Kier alpha value is -0.710. The van der Waals surface area contributed by atoms with Crippen LogP contribution in [0.5, 0.6) is 0 Å². The molecule has 0 amide bonds. The van der Waals surface area contributed by atoms with Crippen molar-refractivity contribution in [1.82, 2.24) is 0 Å². The third-order valence-corrected chi connectivity index (χ3v) is 2.01. The summed E-state index contributed by atoms with van der Waals surface area (Å²) in [7, 11) is 0. The van der Waals surface area contributed by atoms with Gasteiger partial charge < -0.3 is 5.11 Å². The quantitative estimate of drug-likeness (QED) is 0.567. The number of halogens is 4. The van der Waals surface area contributed by atoms with E-state index in [1.807, 2.05) is 0 Å². The molecule has 0 bridgehead atoms. The second kappa shape index (κ2) is 3.21. The van der Waals surface area contributed by atoms with Gasteiger partial charge in [-0.3, -0.25) is 4.79 Å². The third kappa shape index (κ3) is 2.37. The van der Waals surface area contributed by atoms with E-state index in [2.05, 4.69) is 0 Å². The second-order valence-corrected chi connectivity index (χ2v) is 3.18. The van der Waals surface area contributed by atoms with Crippen LogP contribution in [0.4, 0.5) is 13.2 Å². The molecule has 0 saturated heterocycles. The fraction of sp³-hybridized carbons (Fsp3) is 0.571. The van der Waals surface area contributed by atoms with Gasteiger partial charge in [0.15, 0.2) is 5.78 Å². The highest BCUT2D eigenvalue weighted by Gasteiger charge is 2.41. The smallest absolute Gasteiger partial charge is 0.450 e. The van der Waals surface area contributed by atoms with Gasteiger partial charge in [0.05, 0.1) is 0 Å². The van der Waals surface area contributed by atoms with Crippen molar-refractivity contribution in [3.8, 4) is 0 Å². The van der Waals surface area contributed by atoms with Crippen molar-refractivity contribution in [3.05, 3.63) is 10.8 Å². The Labute approximate surface area is 77.0 Å². The van der Waals surface area contributed by atoms with Crippen LogP contribution in [0.1, 0.15) is 12.8 Å². The first-order chi connectivity index (χ1) is 5.84. The van der Waals surface area contributed by atoms with Crippen molar-refractivity contribution in [2.45, 2.75) is 19.0 Å². The average molecular weight is 215 g/mol. The SMILES string of the molecule is O=C(C(Cl)=C(O)C(F)(F)F)C1CC1. The van der Waals surface area contributed by atoms with Gasteiger partial charge in [-0.1, -0.05) is 11.6 Å². The van der Waals surface area contributed by atoms with Gasteiger partial charge in [-0.05, 0) is 12.8 Å². The molecule has 0 radical (unpaired) electrons. The maximum atomic E-state index is 11.8. The highest BCUT2D eigenvalue weighted by Crippen LogP contribution is 2.36. The lowest BCUT2D eigenvalue weighted by Crippen LogP contribution is -2.16. The van der Waals surface area contributed by atoms with E-state index in [1.165, 1.54) is 0 Å². The molecule has 0 aromatic heterocycles. The molecule has 1 aliphatic carbocycles. The Morgan fingerprint density at radius 2 is 1.85 bits per heavy atom. The van der Waals surface area contributed by atoms with E-state index in [1.54, 1.807) is 0 Å². The molecule has 1 rings (SSSR count). The zero-order valence-electron chi connectivity index (χ0n) is 6.36. The molecule has 1 aliphatic rings. The van der Waals surface area contributed by atoms with Gasteiger partial charge in [0, 0.05) is 5.92 Å². The highest BCUT2D eigenvalue weighted by molar-refractivity contribution is 6.43. The minimum absolute atomic E-state index is 0.433. The van der Waals surface area contributed by atoms with Gasteiger partial charge in [0.2, 0.25) is 5.76 Å². The predicted octanol–water partition coefficient (Wildman–Crippen LogP) is 2.54. The first kappa shape index (κ1) is 10.4. The molecule has 6 heteroatoms. The van der Waals surface area contributed by atoms with Gasteiger partial charge in [-0.2, -0.15) is 13.2 Å². The van der Waals surface area contributed by atoms with Crippen molar-refractivity contribution < 1.29 is 23.1 Å². The summed E-state index contributed by atoms with van der Waals surface area (Å²) in [6.45, 7) is 0. The molecule has 2 nitrogen and oxygen atoms in total. The Morgan fingerprint density at radius 1 is 1.38 bits per heavy atom. The molecule has 0 atom stereocenters. The first-order valence-corrected chi connectivity index (χ1v) is 3.92. The van der Waals surface area contributed by atoms with Gasteiger partial charge in [0.25, 0.3) is 0 Å². The summed E-state index contributed by atoms with van der Waals surface area (Å²) in [5, 5.41) is 7.40. The summed E-state index contributed by atoms with van der Waals surface area (Å²) in [4.78, 5) is 10.9. The van der Waals surface area contributed by atoms with Crippen LogP contribution in [0, 0.1) is 5.92 Å². The van der Waals surface area contributed by atoms with Gasteiger partial charge in [0.1, 0.15) is 5.03 Å². The number of Topliss-reactive ketones (excluding diaryl/α,β-unsaturated/α-hetero) is 1. The molecule has 13 heavy (non-hydrogen) atoms. The van der Waals surface area contributed by atoms with Crippen LogP contribution in [0.3, 0.4) is 0 Å². The number of allylic oxidation sites excluding steroid dienone is 2. The van der Waals surface area contributed by atoms with Crippen LogP contribution >= 0.6 is 11.6 Å². The van der Waals surface area contributed by atoms with Crippen LogP contribution < -0.4 is 0 Å². The van der Waals surface area contributed by atoms with Gasteiger partial charge in [-0.25, -0.2) is 0 Å². The number of rotatable bonds is 2. The number of aliphatic hydroxyl groups excluding tert-OH is 1. The number of carbonyl (C=O) groups excluding carboxylic acids is 1. The maximum absolute atomic E-state index is 11.8. The average Bonchev–Trinajstić information content (AvgIpc) is 2.81. The summed E-state index contributed by atoms with van der Waals surface area (Å²) in [6.07, 6.45) is -3.86. The minimum Gasteiger partial charge on any atom is -0.503 e. The van der Waals surface area contributed by atoms with Crippen molar-refractivity contribution in [1.29, 1.82) is 0 Å². The van der Waals surface area contributed by atoms with E-state index in [-0.39, 0.29) is 0 Å². The fourth-order valence-electron chi connectivity index (χ4n) is 0.766. The Balaban J connectivity index is 2.83. The number of carbonyl (C=O) groups is 1. The Morgan fingerprint density at radius 3 is 2.15 bits per heavy atom. The zero-order valence-corrected chi connectivity index (χ0v) is 7.11. The lowest BCUT2D eigenvalue weighted by atomic mass is 10.2. The lowest BCUT2D eigenvalue weighted by molar-refractivity contribution is -0.126. The van der Waals surface area contributed by atoms with Crippen molar-refractivity contribution in [3.63, 3.8) is 0 Å². The summed E-state index contributed by atoms with van der Waals surface area (Å²) in [6, 6.07) is 0. The molecular weight excluding hydrogens is 209 g/mol. The van der Waals surface area contributed by atoms with Crippen LogP contribution in [-0.4, -0.2) is 17.1 Å². The zero-order chi connectivity index (χ0) is 10.2. The number of alkyl halides is 3. The summed E-state index contributed by atoms with van der Waals surface area (Å²) < 4.78 is 35.4. The molecule has 0 aromatic carbocycles. The topological polar surface area (TPSA) is 37.3 Å². The van der Waals surface area contributed by atoms with Crippen molar-refractivity contribution in [2.75, 3.05) is 0 Å². The molecule has 0 unspecified atom stereocenters. The molecule has 0 aliphatic heterocycles. The molecular formula is C7H6ClF3O2. The summed E-state index contributed by atoms with van der Waals surface area (Å²) in [5.41, 5.74) is 0. The largest absolute Gasteiger partial charge is 0.503 e. The van der Waals surface area contributed by atoms with Gasteiger partial charge in [-0.15, -0.1) is 0 Å². The molecule has 1 N–H and O–H groups in total. The van der Waals surface area contributed by atoms with E-state index in [9.17, 15) is 18.0 Å². The Bertz CT molecular complexity index is 265. The monoisotopic (exact) mass is 214 g/mol. The lowest BCUT2D eigenvalue weighted by Gasteiger charge is -2.06. The number of aliphatic hydroxyl groups is 1. The van der Waals surface area contributed by atoms with Crippen LogP contribution in [0.15, 0.2) is 10.8 Å². The van der Waals surface area contributed by atoms with E-state index in [0.29, 0.717) is 12.8 Å². The summed E-state index contributed by atoms with van der Waals surface area (Å²) in [5.74, 6) is -3.25. The fourth-order valence-corrected chi connectivity index (χ4v) is 1.03. The van der Waals surface area contributed by atoms with Crippen LogP contribution in [0.25, 0.3) is 0 Å². The van der Waals surface area contributed by atoms with Gasteiger partial charge >= 0.3 is 6.18 Å². The van der Waals surface area contributed by atoms with E-state index in [4.69, 9.17) is 16.7 Å². The standard InChI is InChI=1S/C7H6ClF3O2/c8-4(5(12)3-1-2-3)6(13)7(9,10)11/h3,13H,1-2H2. The van der Waals surface area contributed by atoms with E-state index < -0.39 is 28.7 Å². The molecule has 1 fully saturated rings. The van der Waals surface area contributed by atoms with Crippen LogP contribution in [0.2, 0.25) is 0 Å². The highest BCUT2D eigenvalue weighted by atomic mass is 35.5. The molecule has 74 valence electrons. The molecule has 0 spiro atoms. The summed E-state index contributed by atoms with van der Waals surface area (Å²) >= 11 is 5.06. The van der Waals surface area contributed by atoms with Crippen molar-refractivity contribution in [2.24, 2.45) is 5.92 Å². The maximum Gasteiger partial charge on any atom is 0.450 e. The number of hydrogen-bond donors (Lipinski definition) is 1. The molecule has 0 aromatic rings. The Kier molecular flexibility index (Phi) is 2.56. The normalized spacial score (nSPS) is 19.7. The van der Waals surface area contributed by atoms with Crippen molar-refractivity contribution >= 4 is 17.4 Å². The third-order valence-electron chi connectivity index (χ3n) is 1.64. The first-order valence-electron chi connectivity index (χ1n) is 3.54. The second-order valence-electron chi connectivity index (χ2n) is 2.80. The molecule has 1 saturated carbocycles.